The van der Waals surface area contributed by atoms with Gasteiger partial charge in [-0.1, -0.05) is 23.2 Å². The van der Waals surface area contributed by atoms with E-state index < -0.39 is 6.10 Å². The quantitative estimate of drug-likeness (QED) is 0.774. The lowest BCUT2D eigenvalue weighted by atomic mass is 10.3. The fourth-order valence-electron chi connectivity index (χ4n) is 1.90. The molecule has 1 saturated heterocycles. The lowest BCUT2D eigenvalue weighted by molar-refractivity contribution is 0.107. The monoisotopic (exact) mass is 367 g/mol. The standard InChI is InChI=1S/C14H19Cl2NO2S2/c15-10-1-2-14(13(16)5-10)19-8-11(18)6-17-7-12-9-20-3-4-21-12/h1-2,5,11-12,17-18H,3-4,6-9H2. The zero-order valence-electron chi connectivity index (χ0n) is 11.6. The third-order valence-corrected chi connectivity index (χ3v) is 6.34. The molecular weight excluding hydrogens is 349 g/mol. The highest BCUT2D eigenvalue weighted by Crippen LogP contribution is 2.27. The maximum Gasteiger partial charge on any atom is 0.138 e. The Hall–Kier alpha value is 0.220. The SMILES string of the molecule is OC(CNCC1CSCCS1)COc1ccc(Cl)cc1Cl. The summed E-state index contributed by atoms with van der Waals surface area (Å²) >= 11 is 15.8. The van der Waals surface area contributed by atoms with Gasteiger partial charge in [0.15, 0.2) is 0 Å². The van der Waals surface area contributed by atoms with Crippen LogP contribution in [0.25, 0.3) is 0 Å². The van der Waals surface area contributed by atoms with Gasteiger partial charge in [-0.15, -0.1) is 0 Å². The van der Waals surface area contributed by atoms with E-state index >= 15 is 0 Å². The zero-order valence-corrected chi connectivity index (χ0v) is 14.7. The van der Waals surface area contributed by atoms with Crippen molar-refractivity contribution >= 4 is 46.7 Å². The van der Waals surface area contributed by atoms with Crippen LogP contribution in [0, 0.1) is 0 Å². The molecule has 0 spiro atoms. The number of hydrogen-bond acceptors (Lipinski definition) is 5. The minimum Gasteiger partial charge on any atom is -0.489 e. The molecule has 1 aromatic carbocycles. The maximum atomic E-state index is 9.92. The van der Waals surface area contributed by atoms with Gasteiger partial charge in [-0.25, -0.2) is 0 Å². The smallest absolute Gasteiger partial charge is 0.138 e. The molecule has 21 heavy (non-hydrogen) atoms. The summed E-state index contributed by atoms with van der Waals surface area (Å²) in [5.41, 5.74) is 0. The molecule has 0 radical (unpaired) electrons. The van der Waals surface area contributed by atoms with Crippen LogP contribution in [-0.2, 0) is 0 Å². The molecule has 1 aliphatic heterocycles. The van der Waals surface area contributed by atoms with Crippen molar-refractivity contribution in [3.63, 3.8) is 0 Å². The van der Waals surface area contributed by atoms with E-state index in [0.29, 0.717) is 27.6 Å². The van der Waals surface area contributed by atoms with Crippen LogP contribution < -0.4 is 10.1 Å². The van der Waals surface area contributed by atoms with E-state index in [2.05, 4.69) is 5.32 Å². The van der Waals surface area contributed by atoms with E-state index in [1.165, 1.54) is 17.3 Å². The van der Waals surface area contributed by atoms with Gasteiger partial charge in [0.2, 0.25) is 0 Å². The first-order valence-electron chi connectivity index (χ1n) is 6.81. The highest BCUT2D eigenvalue weighted by molar-refractivity contribution is 8.06. The Kier molecular flexibility index (Phi) is 7.85. The topological polar surface area (TPSA) is 41.5 Å². The van der Waals surface area contributed by atoms with E-state index in [1.807, 2.05) is 23.5 Å². The molecule has 0 bridgehead atoms. The van der Waals surface area contributed by atoms with Crippen molar-refractivity contribution in [3.05, 3.63) is 28.2 Å². The molecule has 0 amide bonds. The van der Waals surface area contributed by atoms with Crippen molar-refractivity contribution < 1.29 is 9.84 Å². The zero-order chi connectivity index (χ0) is 15.1. The van der Waals surface area contributed by atoms with Crippen LogP contribution in [0.1, 0.15) is 0 Å². The minimum atomic E-state index is -0.557. The lowest BCUT2D eigenvalue weighted by Crippen LogP contribution is -2.36. The highest BCUT2D eigenvalue weighted by atomic mass is 35.5. The van der Waals surface area contributed by atoms with Gasteiger partial charge in [0.05, 0.1) is 5.02 Å². The predicted molar refractivity (Wildman–Crippen MR) is 94.4 cm³/mol. The summed E-state index contributed by atoms with van der Waals surface area (Å²) in [6.45, 7) is 1.66. The van der Waals surface area contributed by atoms with Crippen molar-refractivity contribution in [1.29, 1.82) is 0 Å². The van der Waals surface area contributed by atoms with Crippen LogP contribution in [0.5, 0.6) is 5.75 Å². The normalized spacial score (nSPS) is 20.2. The fourth-order valence-corrected chi connectivity index (χ4v) is 5.01. The predicted octanol–water partition coefficient (Wildman–Crippen LogP) is 3.17. The molecule has 2 atom stereocenters. The number of nitrogens with one attached hydrogen (secondary N) is 1. The molecule has 0 aromatic heterocycles. The molecule has 2 rings (SSSR count). The molecule has 1 fully saturated rings. The summed E-state index contributed by atoms with van der Waals surface area (Å²) in [7, 11) is 0. The van der Waals surface area contributed by atoms with E-state index in [4.69, 9.17) is 27.9 Å². The molecule has 0 aliphatic carbocycles. The van der Waals surface area contributed by atoms with Gasteiger partial charge in [0.1, 0.15) is 18.5 Å². The minimum absolute atomic E-state index is 0.209. The van der Waals surface area contributed by atoms with Crippen LogP contribution in [-0.4, -0.2) is 53.4 Å². The third kappa shape index (κ3) is 6.47. The molecule has 3 nitrogen and oxygen atoms in total. The summed E-state index contributed by atoms with van der Waals surface area (Å²) < 4.78 is 5.51. The number of halogens is 2. The molecule has 7 heteroatoms. The lowest BCUT2D eigenvalue weighted by Gasteiger charge is -2.22. The number of hydrogen-bond donors (Lipinski definition) is 2. The molecular formula is C14H19Cl2NO2S2. The second-order valence-electron chi connectivity index (χ2n) is 4.77. The number of thioether (sulfide) groups is 2. The Morgan fingerprint density at radius 3 is 2.95 bits per heavy atom. The van der Waals surface area contributed by atoms with Crippen LogP contribution in [0.4, 0.5) is 0 Å². The number of aliphatic hydroxyl groups is 1. The van der Waals surface area contributed by atoms with E-state index in [9.17, 15) is 5.11 Å². The third-order valence-electron chi connectivity index (χ3n) is 2.96. The van der Waals surface area contributed by atoms with Crippen LogP contribution >= 0.6 is 46.7 Å². The average molecular weight is 368 g/mol. The Bertz CT molecular complexity index is 445. The first-order valence-corrected chi connectivity index (χ1v) is 9.77. The van der Waals surface area contributed by atoms with Crippen LogP contribution in [0.3, 0.4) is 0 Å². The Morgan fingerprint density at radius 1 is 1.38 bits per heavy atom. The Morgan fingerprint density at radius 2 is 2.24 bits per heavy atom. The molecule has 1 aromatic rings. The second-order valence-corrected chi connectivity index (χ2v) is 8.17. The van der Waals surface area contributed by atoms with Gasteiger partial charge in [0.25, 0.3) is 0 Å². The molecule has 1 heterocycles. The van der Waals surface area contributed by atoms with Gasteiger partial charge in [0, 0.05) is 40.6 Å². The number of rotatable bonds is 7. The molecule has 0 saturated carbocycles. The summed E-state index contributed by atoms with van der Waals surface area (Å²) in [5.74, 6) is 4.20. The molecule has 2 unspecified atom stereocenters. The van der Waals surface area contributed by atoms with Gasteiger partial charge in [-0.2, -0.15) is 23.5 Å². The summed E-state index contributed by atoms with van der Waals surface area (Å²) in [6.07, 6.45) is -0.557. The maximum absolute atomic E-state index is 9.92. The van der Waals surface area contributed by atoms with Gasteiger partial charge in [-0.05, 0) is 18.2 Å². The van der Waals surface area contributed by atoms with Crippen LogP contribution in [0.15, 0.2) is 18.2 Å². The largest absolute Gasteiger partial charge is 0.489 e. The van der Waals surface area contributed by atoms with Crippen molar-refractivity contribution in [2.75, 3.05) is 37.0 Å². The number of benzene rings is 1. The van der Waals surface area contributed by atoms with Crippen molar-refractivity contribution in [2.45, 2.75) is 11.4 Å². The molecule has 1 aliphatic rings. The number of aliphatic hydroxyl groups excluding tert-OH is 1. The van der Waals surface area contributed by atoms with Crippen molar-refractivity contribution in [2.24, 2.45) is 0 Å². The van der Waals surface area contributed by atoms with Crippen LogP contribution in [0.2, 0.25) is 10.0 Å². The highest BCUT2D eigenvalue weighted by Gasteiger charge is 2.14. The fraction of sp³-hybridized carbons (Fsp3) is 0.571. The van der Waals surface area contributed by atoms with Crippen molar-refractivity contribution in [3.8, 4) is 5.75 Å². The number of ether oxygens (including phenoxy) is 1. The Balaban J connectivity index is 1.63. The second kappa shape index (κ2) is 9.38. The summed E-state index contributed by atoms with van der Waals surface area (Å²) in [5, 5.41) is 14.9. The van der Waals surface area contributed by atoms with Crippen molar-refractivity contribution in [1.82, 2.24) is 5.32 Å². The average Bonchev–Trinajstić information content (AvgIpc) is 2.47. The van der Waals surface area contributed by atoms with Gasteiger partial charge < -0.3 is 15.2 Å². The van der Waals surface area contributed by atoms with E-state index in [1.54, 1.807) is 18.2 Å². The first kappa shape index (κ1) is 17.6. The molecule has 2 N–H and O–H groups in total. The van der Waals surface area contributed by atoms with E-state index in [-0.39, 0.29) is 6.61 Å². The Labute approximate surface area is 144 Å². The first-order chi connectivity index (χ1) is 10.1. The summed E-state index contributed by atoms with van der Waals surface area (Å²) in [6, 6.07) is 5.05. The van der Waals surface area contributed by atoms with E-state index in [0.717, 1.165) is 6.54 Å². The molecule has 118 valence electrons. The van der Waals surface area contributed by atoms with Gasteiger partial charge in [-0.3, -0.25) is 0 Å². The summed E-state index contributed by atoms with van der Waals surface area (Å²) in [4.78, 5) is 0. The van der Waals surface area contributed by atoms with Gasteiger partial charge >= 0.3 is 0 Å².